The van der Waals surface area contributed by atoms with Crippen LogP contribution in [0.5, 0.6) is 5.75 Å². The van der Waals surface area contributed by atoms with Crippen LogP contribution in [0.15, 0.2) is 42.6 Å². The predicted octanol–water partition coefficient (Wildman–Crippen LogP) is 5.20. The number of fused-ring (bicyclic) bond motifs is 2. The van der Waals surface area contributed by atoms with Gasteiger partial charge in [-0.3, -0.25) is 0 Å². The van der Waals surface area contributed by atoms with Crippen LogP contribution in [0.4, 0.5) is 20.4 Å². The molecule has 0 bridgehead atoms. The van der Waals surface area contributed by atoms with E-state index in [2.05, 4.69) is 26.4 Å². The number of carbonyl (C=O) groups is 1. The molecule has 4 N–H and O–H groups in total. The number of halogens is 2. The Bertz CT molecular complexity index is 1720. The van der Waals surface area contributed by atoms with Crippen LogP contribution in [0, 0.1) is 11.6 Å². The van der Waals surface area contributed by atoms with E-state index in [1.807, 2.05) is 19.1 Å². The number of hydrogen-bond donors (Lipinski definition) is 2. The van der Waals surface area contributed by atoms with Gasteiger partial charge in [-0.2, -0.15) is 0 Å². The van der Waals surface area contributed by atoms with Crippen molar-refractivity contribution in [2.75, 3.05) is 28.2 Å². The van der Waals surface area contributed by atoms with Gasteiger partial charge in [-0.05, 0) is 12.8 Å². The fraction of sp³-hybridized carbons (Fsp3) is 0.364. The van der Waals surface area contributed by atoms with E-state index in [-0.39, 0.29) is 35.3 Å². The monoisotopic (exact) mass is 808 g/mol. The van der Waals surface area contributed by atoms with Crippen LogP contribution < -0.4 is 16.2 Å². The second kappa shape index (κ2) is 14.3. The van der Waals surface area contributed by atoms with Crippen molar-refractivity contribution in [3.63, 3.8) is 0 Å². The molecule has 4 aromatic rings. The summed E-state index contributed by atoms with van der Waals surface area (Å²) in [5.74, 6) is -0.362. The predicted molar refractivity (Wildman–Crippen MR) is 164 cm³/mol. The number of aryl methyl sites for hydroxylation is 2. The van der Waals surface area contributed by atoms with E-state index < -0.39 is 42.6 Å². The van der Waals surface area contributed by atoms with Crippen molar-refractivity contribution in [3.8, 4) is 16.9 Å². The van der Waals surface area contributed by atoms with Crippen molar-refractivity contribution in [2.24, 2.45) is 0 Å². The Morgan fingerprint density at radius 1 is 1.11 bits per heavy atom. The van der Waals surface area contributed by atoms with E-state index in [0.29, 0.717) is 31.1 Å². The minimum absolute atomic E-state index is 0. The van der Waals surface area contributed by atoms with Gasteiger partial charge in [0.05, 0.1) is 0 Å². The number of benzene rings is 3. The van der Waals surface area contributed by atoms with Gasteiger partial charge in [0, 0.05) is 13.2 Å². The van der Waals surface area contributed by atoms with Crippen molar-refractivity contribution < 1.29 is 58.1 Å². The minimum Gasteiger partial charge on any atom is -0.412 e. The summed E-state index contributed by atoms with van der Waals surface area (Å²) in [7, 11) is 0. The summed E-state index contributed by atoms with van der Waals surface area (Å²) in [5.41, 5.74) is 4.23. The van der Waals surface area contributed by atoms with Gasteiger partial charge < -0.3 is 10.2 Å². The summed E-state index contributed by atoms with van der Waals surface area (Å²) in [6.45, 7) is 7.12. The SMILES string of the molecule is CCc1c[c]([Hg][NH]c2ccc(F)c(-c3cc(CC)c4nc(NC5CCOCC5)ncc4c3)c2F)c2c(c1)C(OC(C)=O)CO2.O. The van der Waals surface area contributed by atoms with Gasteiger partial charge in [0.15, 0.2) is 0 Å². The smallest absolute Gasteiger partial charge is 0.412 e. The first-order valence-electron chi connectivity index (χ1n) is 15.2. The fourth-order valence-corrected chi connectivity index (χ4v) is 11.7. The van der Waals surface area contributed by atoms with Crippen molar-refractivity contribution >= 4 is 31.6 Å². The number of esters is 1. The molecule has 2 aliphatic heterocycles. The average molecular weight is 807 g/mol. The van der Waals surface area contributed by atoms with Crippen LogP contribution >= 0.6 is 0 Å². The maximum atomic E-state index is 16.1. The summed E-state index contributed by atoms with van der Waals surface area (Å²) in [6, 6.07) is 10.7. The van der Waals surface area contributed by atoms with Crippen LogP contribution in [-0.4, -0.2) is 47.3 Å². The molecule has 234 valence electrons. The Morgan fingerprint density at radius 3 is 2.64 bits per heavy atom. The molecule has 0 amide bonds. The zero-order chi connectivity index (χ0) is 30.8. The first kappa shape index (κ1) is 33.0. The minimum atomic E-state index is -2.25. The number of carbonyl (C=O) groups excluding carboxylic acids is 1. The van der Waals surface area contributed by atoms with Gasteiger partial charge in [0.1, 0.15) is 0 Å². The molecule has 0 spiro atoms. The molecule has 9 nitrogen and oxygen atoms in total. The molecule has 0 radical (unpaired) electrons. The summed E-state index contributed by atoms with van der Waals surface area (Å²) in [6.07, 6.45) is 4.49. The molecule has 0 saturated carbocycles. The Hall–Kier alpha value is -3.41. The van der Waals surface area contributed by atoms with Crippen LogP contribution in [0.1, 0.15) is 56.4 Å². The van der Waals surface area contributed by atoms with Gasteiger partial charge in [-0.25, -0.2) is 0 Å². The standard InChI is InChI=1S/C21H21F2N4O.C12H13O3.Hg.H2O/c1-2-12-9-13(18-16(22)3-4-17(24)19(18)23)10-14-11-25-21(27-20(12)14)26-15-5-7-28-8-6-15;1-3-9-4-5-11-10(6-9)12(7-14-11)15-8(2)13;;/h3-4,9-11,15,24H,2,5-8H2,1H3,(H,25,26,27);4,6,12H,3,7H2,1-2H3;;1H2/q-1;;+1;. The number of rotatable bonds is 9. The molecular formula is C33H36F2HgN4O5. The molecule has 6 rings (SSSR count). The van der Waals surface area contributed by atoms with Gasteiger partial charge >= 0.3 is 238 Å². The van der Waals surface area contributed by atoms with Gasteiger partial charge in [0.25, 0.3) is 0 Å². The number of nitrogens with one attached hydrogen (secondary N) is 2. The molecule has 12 heteroatoms. The Labute approximate surface area is 273 Å². The van der Waals surface area contributed by atoms with Crippen molar-refractivity contribution in [1.82, 2.24) is 9.97 Å². The third kappa shape index (κ3) is 7.05. The molecule has 2 aliphatic rings. The van der Waals surface area contributed by atoms with Crippen LogP contribution in [0.2, 0.25) is 0 Å². The molecular weight excluding hydrogens is 771 g/mol. The van der Waals surface area contributed by atoms with Gasteiger partial charge in [-0.15, -0.1) is 0 Å². The molecule has 3 heterocycles. The van der Waals surface area contributed by atoms with E-state index in [1.54, 1.807) is 12.3 Å². The van der Waals surface area contributed by atoms with Gasteiger partial charge in [0.2, 0.25) is 0 Å². The first-order valence-corrected chi connectivity index (χ1v) is 20.7. The second-order valence-electron chi connectivity index (χ2n) is 11.2. The van der Waals surface area contributed by atoms with E-state index in [1.165, 1.54) is 19.1 Å². The number of nitrogens with zero attached hydrogens (tertiary/aromatic N) is 2. The Kier molecular flexibility index (Phi) is 10.5. The summed E-state index contributed by atoms with van der Waals surface area (Å²) in [4.78, 5) is 20.9. The normalized spacial score (nSPS) is 15.9. The van der Waals surface area contributed by atoms with Crippen molar-refractivity contribution in [1.29, 1.82) is 0 Å². The quantitative estimate of drug-likeness (QED) is 0.175. The topological polar surface area (TPSA) is 126 Å². The Morgan fingerprint density at radius 2 is 1.91 bits per heavy atom. The largest absolute Gasteiger partial charge is 0.412 e. The van der Waals surface area contributed by atoms with Crippen molar-refractivity contribution in [3.05, 3.63) is 70.9 Å². The molecule has 0 aliphatic carbocycles. The number of aromatic nitrogens is 2. The molecule has 1 fully saturated rings. The van der Waals surface area contributed by atoms with E-state index in [4.69, 9.17) is 19.2 Å². The third-order valence-corrected chi connectivity index (χ3v) is 13.9. The summed E-state index contributed by atoms with van der Waals surface area (Å²) < 4.78 is 52.7. The molecule has 1 unspecified atom stereocenters. The molecule has 3 aromatic carbocycles. The third-order valence-electron chi connectivity index (χ3n) is 8.24. The Balaban J connectivity index is 0.00000400. The zero-order valence-electron chi connectivity index (χ0n) is 25.6. The average Bonchev–Trinajstić information content (AvgIpc) is 3.42. The van der Waals surface area contributed by atoms with Crippen LogP contribution in [0.25, 0.3) is 22.0 Å². The van der Waals surface area contributed by atoms with E-state index in [0.717, 1.165) is 55.7 Å². The van der Waals surface area contributed by atoms with Crippen LogP contribution in [-0.2, 0) is 52.0 Å². The molecule has 1 aromatic heterocycles. The van der Waals surface area contributed by atoms with E-state index in [9.17, 15) is 4.79 Å². The molecule has 1 saturated heterocycles. The maximum absolute atomic E-state index is 16.1. The zero-order valence-corrected chi connectivity index (χ0v) is 31.1. The second-order valence-corrected chi connectivity index (χ2v) is 16.9. The molecule has 1 atom stereocenters. The number of anilines is 2. The fourth-order valence-electron chi connectivity index (χ4n) is 5.95. The number of ether oxygens (including phenoxy) is 3. The molecule has 45 heavy (non-hydrogen) atoms. The van der Waals surface area contributed by atoms with E-state index >= 15 is 8.78 Å². The maximum Gasteiger partial charge on any atom is -0.412 e. The van der Waals surface area contributed by atoms with Gasteiger partial charge in [-0.1, -0.05) is 0 Å². The summed E-state index contributed by atoms with van der Waals surface area (Å²) >= 11 is -2.25. The van der Waals surface area contributed by atoms with Crippen LogP contribution in [0.3, 0.4) is 0 Å². The van der Waals surface area contributed by atoms with Crippen molar-refractivity contribution in [2.45, 2.75) is 58.6 Å². The first-order chi connectivity index (χ1) is 21.3. The summed E-state index contributed by atoms with van der Waals surface area (Å²) in [5, 5.41) is 4.12. The number of hydrogen-bond acceptors (Lipinski definition) is 8.